The van der Waals surface area contributed by atoms with E-state index in [-0.39, 0.29) is 0 Å². The molecular formula is C16H20ClNO2. The average Bonchev–Trinajstić information content (AvgIpc) is 3.09. The van der Waals surface area contributed by atoms with Crippen molar-refractivity contribution in [3.8, 4) is 0 Å². The zero-order valence-corrected chi connectivity index (χ0v) is 12.3. The first-order valence-electron chi connectivity index (χ1n) is 7.46. The molecule has 0 radical (unpaired) electrons. The Bertz CT molecular complexity index is 511. The zero-order chi connectivity index (χ0) is 14.1. The lowest BCUT2D eigenvalue weighted by Crippen LogP contribution is -2.35. The fourth-order valence-electron chi connectivity index (χ4n) is 3.85. The molecule has 4 heteroatoms. The molecule has 108 valence electrons. The van der Waals surface area contributed by atoms with Crippen molar-refractivity contribution >= 4 is 23.3 Å². The molecule has 1 aromatic rings. The third-order valence-electron chi connectivity index (χ3n) is 4.74. The number of carboxylic acids is 1. The summed E-state index contributed by atoms with van der Waals surface area (Å²) in [6.07, 6.45) is 7.56. The van der Waals surface area contributed by atoms with Crippen molar-refractivity contribution in [3.05, 3.63) is 28.8 Å². The van der Waals surface area contributed by atoms with Crippen molar-refractivity contribution < 1.29 is 9.90 Å². The molecule has 1 aromatic carbocycles. The predicted molar refractivity (Wildman–Crippen MR) is 80.7 cm³/mol. The normalized spacial score (nSPS) is 23.4. The Balaban J connectivity index is 1.92. The van der Waals surface area contributed by atoms with Gasteiger partial charge in [0.1, 0.15) is 0 Å². The fraction of sp³-hybridized carbons (Fsp3) is 0.562. The summed E-state index contributed by atoms with van der Waals surface area (Å²) in [5.41, 5.74) is 1.18. The maximum atomic E-state index is 11.5. The Labute approximate surface area is 124 Å². The first kappa shape index (κ1) is 13.7. The van der Waals surface area contributed by atoms with Crippen LogP contribution < -0.4 is 4.90 Å². The van der Waals surface area contributed by atoms with Crippen LogP contribution in [-0.2, 0) is 0 Å². The highest BCUT2D eigenvalue weighted by atomic mass is 35.5. The number of anilines is 1. The lowest BCUT2D eigenvalue weighted by Gasteiger charge is -2.32. The van der Waals surface area contributed by atoms with E-state index in [0.717, 1.165) is 24.6 Å². The van der Waals surface area contributed by atoms with E-state index in [1.54, 1.807) is 12.1 Å². The number of carboxylic acid groups (broad SMARTS) is 1. The van der Waals surface area contributed by atoms with E-state index < -0.39 is 5.97 Å². The van der Waals surface area contributed by atoms with Gasteiger partial charge in [0.15, 0.2) is 0 Å². The summed E-state index contributed by atoms with van der Waals surface area (Å²) in [4.78, 5) is 13.8. The van der Waals surface area contributed by atoms with Gasteiger partial charge in [0.05, 0.1) is 11.3 Å². The number of hydrogen-bond donors (Lipinski definition) is 1. The Morgan fingerprint density at radius 3 is 2.65 bits per heavy atom. The van der Waals surface area contributed by atoms with Gasteiger partial charge >= 0.3 is 5.97 Å². The van der Waals surface area contributed by atoms with Crippen molar-refractivity contribution in [2.45, 2.75) is 44.6 Å². The molecule has 2 fully saturated rings. The van der Waals surface area contributed by atoms with Crippen molar-refractivity contribution in [2.24, 2.45) is 5.92 Å². The van der Waals surface area contributed by atoms with E-state index in [0.29, 0.717) is 16.6 Å². The number of rotatable bonds is 3. The highest BCUT2D eigenvalue weighted by molar-refractivity contribution is 6.31. The molecule has 1 aliphatic heterocycles. The van der Waals surface area contributed by atoms with Crippen LogP contribution in [0.2, 0.25) is 5.02 Å². The molecule has 1 atom stereocenters. The molecule has 3 nitrogen and oxygen atoms in total. The summed E-state index contributed by atoms with van der Waals surface area (Å²) < 4.78 is 0. The highest BCUT2D eigenvalue weighted by Gasteiger charge is 2.34. The van der Waals surface area contributed by atoms with Gasteiger partial charge in [-0.3, -0.25) is 0 Å². The van der Waals surface area contributed by atoms with Crippen molar-refractivity contribution in [2.75, 3.05) is 11.4 Å². The Morgan fingerprint density at radius 2 is 1.95 bits per heavy atom. The second-order valence-corrected chi connectivity index (χ2v) is 6.35. The van der Waals surface area contributed by atoms with Gasteiger partial charge in [-0.1, -0.05) is 24.4 Å². The maximum absolute atomic E-state index is 11.5. The van der Waals surface area contributed by atoms with Crippen LogP contribution in [-0.4, -0.2) is 23.7 Å². The second kappa shape index (κ2) is 5.65. The lowest BCUT2D eigenvalue weighted by atomic mass is 9.95. The summed E-state index contributed by atoms with van der Waals surface area (Å²) in [5, 5.41) is 9.91. The maximum Gasteiger partial charge on any atom is 0.337 e. The molecule has 20 heavy (non-hydrogen) atoms. The van der Waals surface area contributed by atoms with Crippen LogP contribution >= 0.6 is 11.6 Å². The molecule has 0 amide bonds. The number of halogens is 1. The van der Waals surface area contributed by atoms with Crippen LogP contribution in [0.5, 0.6) is 0 Å². The van der Waals surface area contributed by atoms with Gasteiger partial charge in [0.2, 0.25) is 0 Å². The molecule has 2 aliphatic rings. The SMILES string of the molecule is O=C(O)c1cc(Cl)ccc1N1CCCC1C1CCCC1. The summed E-state index contributed by atoms with van der Waals surface area (Å²) in [5.74, 6) is -0.158. The number of nitrogens with zero attached hydrogens (tertiary/aromatic N) is 1. The van der Waals surface area contributed by atoms with E-state index in [1.165, 1.54) is 32.1 Å². The lowest BCUT2D eigenvalue weighted by molar-refractivity contribution is 0.0697. The molecule has 0 spiro atoms. The molecule has 1 unspecified atom stereocenters. The topological polar surface area (TPSA) is 40.5 Å². The van der Waals surface area contributed by atoms with Gasteiger partial charge in [-0.2, -0.15) is 0 Å². The number of benzene rings is 1. The molecular weight excluding hydrogens is 274 g/mol. The van der Waals surface area contributed by atoms with Crippen LogP contribution in [0.25, 0.3) is 0 Å². The molecule has 1 aliphatic carbocycles. The summed E-state index contributed by atoms with van der Waals surface area (Å²) in [6.45, 7) is 0.961. The van der Waals surface area contributed by atoms with Gasteiger partial charge in [-0.25, -0.2) is 4.79 Å². The van der Waals surface area contributed by atoms with Crippen molar-refractivity contribution in [1.29, 1.82) is 0 Å². The van der Waals surface area contributed by atoms with E-state index in [4.69, 9.17) is 11.6 Å². The van der Waals surface area contributed by atoms with E-state index in [1.807, 2.05) is 6.07 Å². The number of hydrogen-bond acceptors (Lipinski definition) is 2. The predicted octanol–water partition coefficient (Wildman–Crippen LogP) is 4.20. The quantitative estimate of drug-likeness (QED) is 0.908. The first-order valence-corrected chi connectivity index (χ1v) is 7.84. The van der Waals surface area contributed by atoms with Gasteiger partial charge < -0.3 is 10.0 Å². The van der Waals surface area contributed by atoms with E-state index in [9.17, 15) is 9.90 Å². The van der Waals surface area contributed by atoms with Gasteiger partial charge in [0, 0.05) is 17.6 Å². The smallest absolute Gasteiger partial charge is 0.337 e. The Morgan fingerprint density at radius 1 is 1.20 bits per heavy atom. The minimum atomic E-state index is -0.889. The minimum absolute atomic E-state index is 0.336. The van der Waals surface area contributed by atoms with Gasteiger partial charge in [-0.05, 0) is 49.8 Å². The Hall–Kier alpha value is -1.22. The van der Waals surface area contributed by atoms with Gasteiger partial charge in [-0.15, -0.1) is 0 Å². The summed E-state index contributed by atoms with van der Waals surface area (Å²) in [6, 6.07) is 5.76. The standard InChI is InChI=1S/C16H20ClNO2/c17-12-7-8-15(13(10-12)16(19)20)18-9-3-6-14(18)11-4-1-2-5-11/h7-8,10-11,14H,1-6,9H2,(H,19,20). The van der Waals surface area contributed by atoms with E-state index in [2.05, 4.69) is 4.90 Å². The number of carbonyl (C=O) groups is 1. The van der Waals surface area contributed by atoms with Crippen LogP contribution in [0.1, 0.15) is 48.9 Å². The van der Waals surface area contributed by atoms with Crippen LogP contribution in [0.3, 0.4) is 0 Å². The van der Waals surface area contributed by atoms with Crippen molar-refractivity contribution in [1.82, 2.24) is 0 Å². The van der Waals surface area contributed by atoms with E-state index >= 15 is 0 Å². The first-order chi connectivity index (χ1) is 9.66. The fourth-order valence-corrected chi connectivity index (χ4v) is 4.03. The number of aromatic carboxylic acids is 1. The third-order valence-corrected chi connectivity index (χ3v) is 4.98. The Kier molecular flexibility index (Phi) is 3.88. The van der Waals surface area contributed by atoms with Crippen molar-refractivity contribution in [3.63, 3.8) is 0 Å². The third kappa shape index (κ3) is 2.51. The molecule has 1 saturated carbocycles. The minimum Gasteiger partial charge on any atom is -0.478 e. The van der Waals surface area contributed by atoms with Crippen LogP contribution in [0.4, 0.5) is 5.69 Å². The van der Waals surface area contributed by atoms with Gasteiger partial charge in [0.25, 0.3) is 0 Å². The molecule has 1 N–H and O–H groups in total. The second-order valence-electron chi connectivity index (χ2n) is 5.91. The molecule has 0 aromatic heterocycles. The van der Waals surface area contributed by atoms with Crippen LogP contribution in [0.15, 0.2) is 18.2 Å². The highest BCUT2D eigenvalue weighted by Crippen LogP contribution is 2.39. The monoisotopic (exact) mass is 293 g/mol. The zero-order valence-electron chi connectivity index (χ0n) is 11.5. The van der Waals surface area contributed by atoms with Crippen LogP contribution in [0, 0.1) is 5.92 Å². The molecule has 1 saturated heterocycles. The average molecular weight is 294 g/mol. The molecule has 3 rings (SSSR count). The molecule has 0 bridgehead atoms. The molecule has 1 heterocycles. The summed E-state index contributed by atoms with van der Waals surface area (Å²) in [7, 11) is 0. The summed E-state index contributed by atoms with van der Waals surface area (Å²) >= 11 is 5.95. The largest absolute Gasteiger partial charge is 0.478 e.